The number of rotatable bonds is 7. The second kappa shape index (κ2) is 10.3. The van der Waals surface area contributed by atoms with Gasteiger partial charge in [-0.05, 0) is 56.4 Å². The highest BCUT2D eigenvalue weighted by molar-refractivity contribution is 5.99. The molecule has 1 heterocycles. The molecule has 0 atom stereocenters. The number of aryl methyl sites for hydroxylation is 1. The molecule has 2 amide bonds. The highest BCUT2D eigenvalue weighted by atomic mass is 16.2. The second-order valence-corrected chi connectivity index (χ2v) is 8.56. The van der Waals surface area contributed by atoms with E-state index >= 15 is 0 Å². The van der Waals surface area contributed by atoms with Crippen molar-refractivity contribution in [1.82, 2.24) is 10.6 Å². The molecule has 30 heavy (non-hydrogen) atoms. The quantitative estimate of drug-likeness (QED) is 0.724. The molecule has 0 aliphatic carbocycles. The van der Waals surface area contributed by atoms with E-state index in [-0.39, 0.29) is 17.9 Å². The average Bonchev–Trinajstić information content (AvgIpc) is 2.74. The number of hydrogen-bond donors (Lipinski definition) is 2. The summed E-state index contributed by atoms with van der Waals surface area (Å²) in [6, 6.07) is 15.6. The van der Waals surface area contributed by atoms with Gasteiger partial charge >= 0.3 is 0 Å². The standard InChI is InChI=1S/C25H33N3O2/c1-18(2)11-14-26-25(30)22-9-4-5-10-23(22)28-15-12-21(13-16-28)27-24(29)20-8-6-7-19(3)17-20/h4-10,17-18,21H,11-16H2,1-3H3,(H,26,30)(H,27,29). The maximum absolute atomic E-state index is 12.7. The molecule has 0 saturated carbocycles. The Morgan fingerprint density at radius 1 is 1.03 bits per heavy atom. The van der Waals surface area contributed by atoms with Gasteiger partial charge in [-0.25, -0.2) is 0 Å². The Labute approximate surface area is 179 Å². The minimum Gasteiger partial charge on any atom is -0.371 e. The topological polar surface area (TPSA) is 61.4 Å². The van der Waals surface area contributed by atoms with Crippen molar-refractivity contribution in [1.29, 1.82) is 0 Å². The van der Waals surface area contributed by atoms with Crippen LogP contribution in [-0.2, 0) is 0 Å². The first-order chi connectivity index (χ1) is 14.4. The molecule has 5 heteroatoms. The van der Waals surface area contributed by atoms with Gasteiger partial charge in [0.1, 0.15) is 0 Å². The predicted molar refractivity (Wildman–Crippen MR) is 122 cm³/mol. The predicted octanol–water partition coefficient (Wildman–Crippen LogP) is 4.17. The van der Waals surface area contributed by atoms with Gasteiger partial charge in [-0.2, -0.15) is 0 Å². The van der Waals surface area contributed by atoms with Crippen LogP contribution >= 0.6 is 0 Å². The number of piperidine rings is 1. The molecule has 0 unspecified atom stereocenters. The second-order valence-electron chi connectivity index (χ2n) is 8.56. The molecule has 1 fully saturated rings. The van der Waals surface area contributed by atoms with Crippen LogP contribution in [0, 0.1) is 12.8 Å². The molecule has 2 aromatic rings. The number of anilines is 1. The Bertz CT molecular complexity index is 870. The number of nitrogens with one attached hydrogen (secondary N) is 2. The molecule has 0 bridgehead atoms. The Hall–Kier alpha value is -2.82. The molecule has 2 aromatic carbocycles. The van der Waals surface area contributed by atoms with Crippen LogP contribution in [0.3, 0.4) is 0 Å². The Kier molecular flexibility index (Phi) is 7.50. The van der Waals surface area contributed by atoms with Crippen LogP contribution in [0.15, 0.2) is 48.5 Å². The summed E-state index contributed by atoms with van der Waals surface area (Å²) in [5.41, 5.74) is 3.49. The van der Waals surface area contributed by atoms with E-state index in [1.807, 2.05) is 55.5 Å². The lowest BCUT2D eigenvalue weighted by Crippen LogP contribution is -2.45. The molecule has 0 radical (unpaired) electrons. The van der Waals surface area contributed by atoms with Gasteiger partial charge in [-0.1, -0.05) is 43.7 Å². The maximum atomic E-state index is 12.7. The number of hydrogen-bond acceptors (Lipinski definition) is 3. The lowest BCUT2D eigenvalue weighted by Gasteiger charge is -2.35. The molecule has 160 valence electrons. The van der Waals surface area contributed by atoms with Crippen molar-refractivity contribution in [3.05, 3.63) is 65.2 Å². The van der Waals surface area contributed by atoms with E-state index in [4.69, 9.17) is 0 Å². The first-order valence-corrected chi connectivity index (χ1v) is 10.9. The molecule has 0 spiro atoms. The summed E-state index contributed by atoms with van der Waals surface area (Å²) >= 11 is 0. The van der Waals surface area contributed by atoms with Gasteiger partial charge in [0, 0.05) is 36.9 Å². The van der Waals surface area contributed by atoms with Crippen molar-refractivity contribution in [3.8, 4) is 0 Å². The zero-order valence-corrected chi connectivity index (χ0v) is 18.3. The zero-order valence-electron chi connectivity index (χ0n) is 18.3. The van der Waals surface area contributed by atoms with Gasteiger partial charge in [0.05, 0.1) is 5.56 Å². The SMILES string of the molecule is Cc1cccc(C(=O)NC2CCN(c3ccccc3C(=O)NCCC(C)C)CC2)c1. The number of carbonyl (C=O) groups excluding carboxylic acids is 2. The van der Waals surface area contributed by atoms with Crippen molar-refractivity contribution in [2.24, 2.45) is 5.92 Å². The van der Waals surface area contributed by atoms with Crippen LogP contribution in [0.1, 0.15) is 59.4 Å². The molecule has 5 nitrogen and oxygen atoms in total. The summed E-state index contributed by atoms with van der Waals surface area (Å²) in [6.07, 6.45) is 2.70. The van der Waals surface area contributed by atoms with Crippen molar-refractivity contribution < 1.29 is 9.59 Å². The van der Waals surface area contributed by atoms with Gasteiger partial charge < -0.3 is 15.5 Å². The number of benzene rings is 2. The molecule has 2 N–H and O–H groups in total. The van der Waals surface area contributed by atoms with E-state index in [1.165, 1.54) is 0 Å². The summed E-state index contributed by atoms with van der Waals surface area (Å²) in [5, 5.41) is 6.21. The summed E-state index contributed by atoms with van der Waals surface area (Å²) in [6.45, 7) is 8.62. The fraction of sp³-hybridized carbons (Fsp3) is 0.440. The van der Waals surface area contributed by atoms with Crippen LogP contribution in [0.25, 0.3) is 0 Å². The number of amides is 2. The van der Waals surface area contributed by atoms with Crippen LogP contribution in [0.5, 0.6) is 0 Å². The maximum Gasteiger partial charge on any atom is 0.253 e. The van der Waals surface area contributed by atoms with Gasteiger partial charge in [-0.3, -0.25) is 9.59 Å². The lowest BCUT2D eigenvalue weighted by atomic mass is 10.0. The summed E-state index contributed by atoms with van der Waals surface area (Å²) in [5.74, 6) is 0.540. The summed E-state index contributed by atoms with van der Waals surface area (Å²) < 4.78 is 0. The summed E-state index contributed by atoms with van der Waals surface area (Å²) in [7, 11) is 0. The monoisotopic (exact) mass is 407 g/mol. The summed E-state index contributed by atoms with van der Waals surface area (Å²) in [4.78, 5) is 27.5. The van der Waals surface area contributed by atoms with Gasteiger partial charge in [0.2, 0.25) is 0 Å². The molecule has 1 aliphatic heterocycles. The van der Waals surface area contributed by atoms with Crippen molar-refractivity contribution >= 4 is 17.5 Å². The first kappa shape index (κ1) is 21.9. The average molecular weight is 408 g/mol. The largest absolute Gasteiger partial charge is 0.371 e. The van der Waals surface area contributed by atoms with E-state index in [0.29, 0.717) is 18.0 Å². The minimum absolute atomic E-state index is 0.0120. The van der Waals surface area contributed by atoms with Crippen LogP contribution in [0.2, 0.25) is 0 Å². The smallest absolute Gasteiger partial charge is 0.253 e. The molecule has 1 aliphatic rings. The lowest BCUT2D eigenvalue weighted by molar-refractivity contribution is 0.0929. The van der Waals surface area contributed by atoms with E-state index in [1.54, 1.807) is 0 Å². The number of para-hydroxylation sites is 1. The Morgan fingerprint density at radius 3 is 2.47 bits per heavy atom. The van der Waals surface area contributed by atoms with E-state index in [9.17, 15) is 9.59 Å². The van der Waals surface area contributed by atoms with E-state index < -0.39 is 0 Å². The van der Waals surface area contributed by atoms with Crippen molar-refractivity contribution in [3.63, 3.8) is 0 Å². The van der Waals surface area contributed by atoms with E-state index in [2.05, 4.69) is 29.4 Å². The molecule has 3 rings (SSSR count). The third kappa shape index (κ3) is 5.85. The third-order valence-corrected chi connectivity index (χ3v) is 5.61. The van der Waals surface area contributed by atoms with Crippen LogP contribution in [-0.4, -0.2) is 37.5 Å². The molecular formula is C25H33N3O2. The third-order valence-electron chi connectivity index (χ3n) is 5.61. The van der Waals surface area contributed by atoms with Gasteiger partial charge in [-0.15, -0.1) is 0 Å². The van der Waals surface area contributed by atoms with Crippen LogP contribution in [0.4, 0.5) is 5.69 Å². The van der Waals surface area contributed by atoms with Crippen molar-refractivity contribution in [2.75, 3.05) is 24.5 Å². The van der Waals surface area contributed by atoms with Crippen molar-refractivity contribution in [2.45, 2.75) is 46.1 Å². The molecule has 0 aromatic heterocycles. The fourth-order valence-corrected chi connectivity index (χ4v) is 3.83. The Balaban J connectivity index is 1.57. The van der Waals surface area contributed by atoms with Gasteiger partial charge in [0.25, 0.3) is 11.8 Å². The Morgan fingerprint density at radius 2 is 1.77 bits per heavy atom. The van der Waals surface area contributed by atoms with Gasteiger partial charge in [0.15, 0.2) is 0 Å². The highest BCUT2D eigenvalue weighted by Gasteiger charge is 2.24. The zero-order chi connectivity index (χ0) is 21.5. The number of nitrogens with zero attached hydrogens (tertiary/aromatic N) is 1. The number of carbonyl (C=O) groups is 2. The van der Waals surface area contributed by atoms with Crippen LogP contribution < -0.4 is 15.5 Å². The minimum atomic E-state index is -0.0128. The normalized spacial score (nSPS) is 14.6. The molecule has 1 saturated heterocycles. The first-order valence-electron chi connectivity index (χ1n) is 10.9. The fourth-order valence-electron chi connectivity index (χ4n) is 3.83. The molecular weight excluding hydrogens is 374 g/mol. The highest BCUT2D eigenvalue weighted by Crippen LogP contribution is 2.24. The van der Waals surface area contributed by atoms with E-state index in [0.717, 1.165) is 49.2 Å².